The van der Waals surface area contributed by atoms with E-state index in [-0.39, 0.29) is 43.1 Å². The molecular formula is C7H17Cl3N2O. The molecule has 13 heavy (non-hydrogen) atoms. The van der Waals surface area contributed by atoms with Crippen LogP contribution in [0.3, 0.4) is 0 Å². The number of hydrogen-bond donors (Lipinski definition) is 2. The van der Waals surface area contributed by atoms with Crippen molar-refractivity contribution in [2.24, 2.45) is 5.73 Å². The van der Waals surface area contributed by atoms with Gasteiger partial charge in [0.1, 0.15) is 0 Å². The molecular weight excluding hydrogens is 234 g/mol. The van der Waals surface area contributed by atoms with Gasteiger partial charge < -0.3 is 11.1 Å². The van der Waals surface area contributed by atoms with E-state index >= 15 is 0 Å². The molecule has 1 rings (SSSR count). The van der Waals surface area contributed by atoms with Crippen LogP contribution in [0.1, 0.15) is 25.7 Å². The number of nitrogens with two attached hydrogens (primary N) is 1. The van der Waals surface area contributed by atoms with Crippen molar-refractivity contribution in [3.63, 3.8) is 0 Å². The van der Waals surface area contributed by atoms with Gasteiger partial charge >= 0.3 is 0 Å². The van der Waals surface area contributed by atoms with E-state index in [1.54, 1.807) is 0 Å². The summed E-state index contributed by atoms with van der Waals surface area (Å²) in [7, 11) is 0. The van der Waals surface area contributed by atoms with Gasteiger partial charge in [-0.15, -0.1) is 37.2 Å². The second-order valence-corrected chi connectivity index (χ2v) is 2.82. The third-order valence-corrected chi connectivity index (χ3v) is 1.86. The van der Waals surface area contributed by atoms with Crippen molar-refractivity contribution in [1.82, 2.24) is 5.32 Å². The van der Waals surface area contributed by atoms with Crippen LogP contribution >= 0.6 is 37.2 Å². The van der Waals surface area contributed by atoms with Crippen LogP contribution < -0.4 is 11.1 Å². The van der Waals surface area contributed by atoms with Gasteiger partial charge in [-0.05, 0) is 19.4 Å². The zero-order chi connectivity index (χ0) is 7.40. The van der Waals surface area contributed by atoms with E-state index in [1.165, 1.54) is 12.8 Å². The Balaban J connectivity index is -0.000000333. The minimum absolute atomic E-state index is 0. The van der Waals surface area contributed by atoms with Crippen molar-refractivity contribution >= 4 is 43.1 Å². The third-order valence-electron chi connectivity index (χ3n) is 1.86. The molecule has 3 nitrogen and oxygen atoms in total. The minimum atomic E-state index is -0.195. The predicted molar refractivity (Wildman–Crippen MR) is 61.2 cm³/mol. The van der Waals surface area contributed by atoms with Crippen molar-refractivity contribution in [3.05, 3.63) is 0 Å². The van der Waals surface area contributed by atoms with E-state index in [1.807, 2.05) is 0 Å². The zero-order valence-electron chi connectivity index (χ0n) is 7.32. The van der Waals surface area contributed by atoms with Gasteiger partial charge in [0, 0.05) is 12.5 Å². The first-order valence-electron chi connectivity index (χ1n) is 3.81. The van der Waals surface area contributed by atoms with Crippen molar-refractivity contribution in [2.45, 2.75) is 31.7 Å². The first kappa shape index (κ1) is 19.0. The van der Waals surface area contributed by atoms with Crippen molar-refractivity contribution in [1.29, 1.82) is 0 Å². The first-order valence-corrected chi connectivity index (χ1v) is 3.81. The lowest BCUT2D eigenvalue weighted by molar-refractivity contribution is -0.118. The number of nitrogens with one attached hydrogen (secondary N) is 1. The molecule has 1 atom stereocenters. The lowest BCUT2D eigenvalue weighted by atomic mass is 10.0. The minimum Gasteiger partial charge on any atom is -0.370 e. The van der Waals surface area contributed by atoms with E-state index in [0.29, 0.717) is 12.5 Å². The summed E-state index contributed by atoms with van der Waals surface area (Å²) in [6.45, 7) is 1.04. The Morgan fingerprint density at radius 2 is 1.92 bits per heavy atom. The standard InChI is InChI=1S/C7H14N2O.3ClH/c8-7(10)5-6-3-1-2-4-9-6;;;/h6,9H,1-5H2,(H2,8,10);3*1H. The maximum Gasteiger partial charge on any atom is 0.218 e. The summed E-state index contributed by atoms with van der Waals surface area (Å²) in [4.78, 5) is 10.4. The molecule has 0 aromatic rings. The Bertz CT molecular complexity index is 129. The molecule has 1 saturated heterocycles. The summed E-state index contributed by atoms with van der Waals surface area (Å²) in [5.74, 6) is -0.195. The highest BCUT2D eigenvalue weighted by atomic mass is 35.5. The van der Waals surface area contributed by atoms with Gasteiger partial charge in [0.2, 0.25) is 5.91 Å². The molecule has 1 heterocycles. The van der Waals surface area contributed by atoms with Crippen LogP contribution in [-0.4, -0.2) is 18.5 Å². The Kier molecular flexibility index (Phi) is 15.1. The average Bonchev–Trinajstić information content (AvgIpc) is 1.88. The molecule has 0 spiro atoms. The van der Waals surface area contributed by atoms with Crippen molar-refractivity contribution in [3.8, 4) is 0 Å². The van der Waals surface area contributed by atoms with Gasteiger partial charge in [-0.2, -0.15) is 0 Å². The molecule has 0 saturated carbocycles. The smallest absolute Gasteiger partial charge is 0.218 e. The number of carbonyl (C=O) groups is 1. The topological polar surface area (TPSA) is 55.1 Å². The monoisotopic (exact) mass is 250 g/mol. The second kappa shape index (κ2) is 10.4. The van der Waals surface area contributed by atoms with Crippen LogP contribution in [0.15, 0.2) is 0 Å². The summed E-state index contributed by atoms with van der Waals surface area (Å²) in [5, 5.41) is 3.25. The molecule has 1 fully saturated rings. The fraction of sp³-hybridized carbons (Fsp3) is 0.857. The van der Waals surface area contributed by atoms with Crippen LogP contribution in [0.2, 0.25) is 0 Å². The second-order valence-electron chi connectivity index (χ2n) is 2.82. The molecule has 3 N–H and O–H groups in total. The Morgan fingerprint density at radius 1 is 1.31 bits per heavy atom. The summed E-state index contributed by atoms with van der Waals surface area (Å²) < 4.78 is 0. The van der Waals surface area contributed by atoms with Crippen molar-refractivity contribution in [2.75, 3.05) is 6.54 Å². The number of carbonyl (C=O) groups excluding carboxylic acids is 1. The molecule has 6 heteroatoms. The maximum absolute atomic E-state index is 10.4. The highest BCUT2D eigenvalue weighted by Crippen LogP contribution is 2.08. The van der Waals surface area contributed by atoms with Gasteiger partial charge in [-0.3, -0.25) is 4.79 Å². The predicted octanol–water partition coefficient (Wildman–Crippen LogP) is 1.27. The summed E-state index contributed by atoms with van der Waals surface area (Å²) in [5.41, 5.74) is 5.04. The number of amides is 1. The molecule has 1 unspecified atom stereocenters. The number of primary amides is 1. The number of piperidine rings is 1. The highest BCUT2D eigenvalue weighted by molar-refractivity contribution is 5.86. The summed E-state index contributed by atoms with van der Waals surface area (Å²) in [6.07, 6.45) is 4.06. The van der Waals surface area contributed by atoms with Gasteiger partial charge in [0.05, 0.1) is 0 Å². The molecule has 1 aliphatic heterocycles. The fourth-order valence-corrected chi connectivity index (χ4v) is 1.34. The summed E-state index contributed by atoms with van der Waals surface area (Å²) in [6, 6.07) is 0.353. The molecule has 0 aromatic carbocycles. The fourth-order valence-electron chi connectivity index (χ4n) is 1.34. The molecule has 0 aliphatic carbocycles. The first-order chi connectivity index (χ1) is 4.79. The number of halogens is 3. The molecule has 0 radical (unpaired) electrons. The van der Waals surface area contributed by atoms with Crippen LogP contribution in [-0.2, 0) is 4.79 Å². The van der Waals surface area contributed by atoms with E-state index in [9.17, 15) is 4.79 Å². The van der Waals surface area contributed by atoms with E-state index in [2.05, 4.69) is 5.32 Å². The van der Waals surface area contributed by atoms with Gasteiger partial charge in [0.15, 0.2) is 0 Å². The molecule has 0 bridgehead atoms. The van der Waals surface area contributed by atoms with Crippen LogP contribution in [0, 0.1) is 0 Å². The number of hydrogen-bond acceptors (Lipinski definition) is 2. The van der Waals surface area contributed by atoms with Gasteiger partial charge in [0.25, 0.3) is 0 Å². The Morgan fingerprint density at radius 3 is 2.31 bits per heavy atom. The van der Waals surface area contributed by atoms with Crippen LogP contribution in [0.4, 0.5) is 0 Å². The zero-order valence-corrected chi connectivity index (χ0v) is 9.77. The third kappa shape index (κ3) is 8.63. The largest absolute Gasteiger partial charge is 0.370 e. The van der Waals surface area contributed by atoms with E-state index in [0.717, 1.165) is 13.0 Å². The molecule has 0 aromatic heterocycles. The van der Waals surface area contributed by atoms with Crippen molar-refractivity contribution < 1.29 is 4.79 Å². The Hall–Kier alpha value is 0.300. The average molecular weight is 252 g/mol. The SMILES string of the molecule is Cl.Cl.Cl.NC(=O)CC1CCCCN1. The van der Waals surface area contributed by atoms with Crippen LogP contribution in [0.25, 0.3) is 0 Å². The molecule has 1 aliphatic rings. The van der Waals surface area contributed by atoms with Gasteiger partial charge in [-0.25, -0.2) is 0 Å². The Labute approximate surface area is 97.4 Å². The van der Waals surface area contributed by atoms with E-state index < -0.39 is 0 Å². The highest BCUT2D eigenvalue weighted by Gasteiger charge is 2.13. The number of rotatable bonds is 2. The normalized spacial score (nSPS) is 20.2. The lowest BCUT2D eigenvalue weighted by Gasteiger charge is -2.21. The summed E-state index contributed by atoms with van der Waals surface area (Å²) >= 11 is 0. The lowest BCUT2D eigenvalue weighted by Crippen LogP contribution is -2.37. The maximum atomic E-state index is 10.4. The quantitative estimate of drug-likeness (QED) is 0.777. The molecule has 1 amide bonds. The molecule has 82 valence electrons. The van der Waals surface area contributed by atoms with E-state index in [4.69, 9.17) is 5.73 Å². The van der Waals surface area contributed by atoms with Crippen LogP contribution in [0.5, 0.6) is 0 Å². The van der Waals surface area contributed by atoms with Gasteiger partial charge in [-0.1, -0.05) is 6.42 Å².